The van der Waals surface area contributed by atoms with E-state index in [1.807, 2.05) is 0 Å². The number of rotatable bonds is 7. The summed E-state index contributed by atoms with van der Waals surface area (Å²) in [6, 6.07) is 6.60. The Hall–Kier alpha value is -4.35. The number of carbonyl (C=O) groups is 1. The van der Waals surface area contributed by atoms with Gasteiger partial charge in [0, 0.05) is 17.8 Å². The molecule has 0 atom stereocenters. The van der Waals surface area contributed by atoms with E-state index in [9.17, 15) is 9.18 Å². The van der Waals surface area contributed by atoms with Gasteiger partial charge in [0.15, 0.2) is 23.1 Å². The number of hydrogen-bond acceptors (Lipinski definition) is 11. The van der Waals surface area contributed by atoms with Gasteiger partial charge in [0.2, 0.25) is 17.6 Å². The summed E-state index contributed by atoms with van der Waals surface area (Å²) >= 11 is 0. The van der Waals surface area contributed by atoms with E-state index in [1.165, 1.54) is 21.3 Å². The number of fused-ring (bicyclic) bond motifs is 1. The van der Waals surface area contributed by atoms with E-state index in [0.29, 0.717) is 28.6 Å². The molecule has 0 saturated carbocycles. The molecule has 0 amide bonds. The highest BCUT2D eigenvalue weighted by molar-refractivity contribution is 5.89. The van der Waals surface area contributed by atoms with Crippen molar-refractivity contribution in [1.82, 2.24) is 15.0 Å². The summed E-state index contributed by atoms with van der Waals surface area (Å²) in [7, 11) is 4.49. The van der Waals surface area contributed by atoms with Crippen LogP contribution in [-0.2, 0) is 4.79 Å². The Morgan fingerprint density at radius 3 is 2.38 bits per heavy atom. The Balaban J connectivity index is 1.58. The summed E-state index contributed by atoms with van der Waals surface area (Å²) in [6.45, 7) is 3.40. The number of carbonyl (C=O) groups excluding carboxylic acids is 1. The van der Waals surface area contributed by atoms with Crippen LogP contribution in [0, 0.1) is 5.82 Å². The van der Waals surface area contributed by atoms with Crippen molar-refractivity contribution < 1.29 is 28.1 Å². The number of pyridine rings is 1. The molecule has 2 aromatic heterocycles. The van der Waals surface area contributed by atoms with E-state index in [1.54, 1.807) is 38.1 Å². The molecule has 1 aromatic carbocycles. The van der Waals surface area contributed by atoms with Crippen LogP contribution in [0.5, 0.6) is 23.1 Å². The van der Waals surface area contributed by atoms with Crippen LogP contribution in [0.25, 0.3) is 0 Å². The molecule has 11 nitrogen and oxygen atoms in total. The normalized spacial score (nSPS) is 13.8. The van der Waals surface area contributed by atoms with Gasteiger partial charge >= 0.3 is 5.97 Å². The zero-order valence-corrected chi connectivity index (χ0v) is 19.1. The lowest BCUT2D eigenvalue weighted by Crippen LogP contribution is -2.46. The van der Waals surface area contributed by atoms with Crippen molar-refractivity contribution >= 4 is 34.9 Å². The topological polar surface area (TPSA) is 129 Å². The van der Waals surface area contributed by atoms with Crippen LogP contribution in [0.2, 0.25) is 0 Å². The highest BCUT2D eigenvalue weighted by Crippen LogP contribution is 2.40. The number of nitrogens with zero attached hydrogens (tertiary/aromatic N) is 3. The molecule has 178 valence electrons. The zero-order valence-electron chi connectivity index (χ0n) is 19.1. The standard InChI is InChI=1S/C22H23FN6O5/c1-22(2)20(30)34-19-13(29-22)6-7-16(27-19)26-18-12(23)10-24-21(28-18)25-11-8-14(31-3)17(33-5)15(9-11)32-4/h6-10,29H,1-5H3,(H2,24,25,26,27,28). The van der Waals surface area contributed by atoms with Crippen molar-refractivity contribution in [3.63, 3.8) is 0 Å². The van der Waals surface area contributed by atoms with Gasteiger partial charge in [0.25, 0.3) is 0 Å². The average Bonchev–Trinajstić information content (AvgIpc) is 2.81. The van der Waals surface area contributed by atoms with Gasteiger partial charge in [-0.3, -0.25) is 0 Å². The van der Waals surface area contributed by atoms with Gasteiger partial charge in [-0.2, -0.15) is 9.97 Å². The number of ether oxygens (including phenoxy) is 4. The van der Waals surface area contributed by atoms with Crippen LogP contribution < -0.4 is 34.9 Å². The molecule has 0 unspecified atom stereocenters. The van der Waals surface area contributed by atoms with E-state index in [4.69, 9.17) is 18.9 Å². The lowest BCUT2D eigenvalue weighted by molar-refractivity contribution is -0.139. The number of esters is 1. The first kappa shape index (κ1) is 22.8. The molecule has 0 radical (unpaired) electrons. The van der Waals surface area contributed by atoms with Crippen molar-refractivity contribution in [2.24, 2.45) is 0 Å². The van der Waals surface area contributed by atoms with Gasteiger partial charge in [-0.05, 0) is 26.0 Å². The summed E-state index contributed by atoms with van der Waals surface area (Å²) in [6.07, 6.45) is 1.01. The molecule has 0 aliphatic carbocycles. The molecule has 12 heteroatoms. The first-order chi connectivity index (χ1) is 16.2. The van der Waals surface area contributed by atoms with Crippen LogP contribution in [0.15, 0.2) is 30.5 Å². The fourth-order valence-corrected chi connectivity index (χ4v) is 3.20. The summed E-state index contributed by atoms with van der Waals surface area (Å²) in [5.74, 6) is 0.377. The number of nitrogens with one attached hydrogen (secondary N) is 3. The monoisotopic (exact) mass is 470 g/mol. The van der Waals surface area contributed by atoms with Crippen molar-refractivity contribution in [2.75, 3.05) is 37.3 Å². The van der Waals surface area contributed by atoms with E-state index in [2.05, 4.69) is 30.9 Å². The molecule has 0 spiro atoms. The van der Waals surface area contributed by atoms with E-state index >= 15 is 0 Å². The number of hydrogen-bond donors (Lipinski definition) is 3. The van der Waals surface area contributed by atoms with Crippen LogP contribution in [-0.4, -0.2) is 47.8 Å². The molecule has 3 aromatic rings. The predicted octanol–water partition coefficient (Wildman–Crippen LogP) is 3.63. The molecule has 3 heterocycles. The molecular weight excluding hydrogens is 447 g/mol. The van der Waals surface area contributed by atoms with Crippen molar-refractivity contribution in [2.45, 2.75) is 19.4 Å². The Bertz CT molecular complexity index is 1230. The Morgan fingerprint density at radius 2 is 1.74 bits per heavy atom. The SMILES string of the molecule is COc1cc(Nc2ncc(F)c(Nc3ccc4c(n3)OC(=O)C(C)(C)N4)n2)cc(OC)c1OC. The summed E-state index contributed by atoms with van der Waals surface area (Å²) in [4.78, 5) is 24.5. The minimum atomic E-state index is -0.879. The zero-order chi connectivity index (χ0) is 24.5. The van der Waals surface area contributed by atoms with E-state index in [0.717, 1.165) is 6.20 Å². The van der Waals surface area contributed by atoms with E-state index < -0.39 is 17.3 Å². The Morgan fingerprint density at radius 1 is 1.03 bits per heavy atom. The second-order valence-corrected chi connectivity index (χ2v) is 7.74. The maximum absolute atomic E-state index is 14.4. The van der Waals surface area contributed by atoms with Crippen LogP contribution >= 0.6 is 0 Å². The number of benzene rings is 1. The molecule has 4 rings (SSSR count). The predicted molar refractivity (Wildman–Crippen MR) is 122 cm³/mol. The van der Waals surface area contributed by atoms with Crippen molar-refractivity contribution in [3.8, 4) is 23.1 Å². The van der Waals surface area contributed by atoms with Gasteiger partial charge < -0.3 is 34.9 Å². The van der Waals surface area contributed by atoms with Gasteiger partial charge in [0.1, 0.15) is 11.4 Å². The third-order valence-corrected chi connectivity index (χ3v) is 4.92. The van der Waals surface area contributed by atoms with Gasteiger partial charge in [0.05, 0.1) is 33.2 Å². The van der Waals surface area contributed by atoms with Gasteiger partial charge in [-0.25, -0.2) is 14.2 Å². The first-order valence-corrected chi connectivity index (χ1v) is 10.1. The number of halogens is 1. The highest BCUT2D eigenvalue weighted by Gasteiger charge is 2.36. The number of aromatic nitrogens is 3. The minimum absolute atomic E-state index is 0.0829. The summed E-state index contributed by atoms with van der Waals surface area (Å²) in [5, 5.41) is 8.81. The molecule has 1 aliphatic heterocycles. The van der Waals surface area contributed by atoms with Gasteiger partial charge in [-0.15, -0.1) is 0 Å². The quantitative estimate of drug-likeness (QED) is 0.438. The number of methoxy groups -OCH3 is 3. The Labute approximate surface area is 194 Å². The third-order valence-electron chi connectivity index (χ3n) is 4.92. The highest BCUT2D eigenvalue weighted by atomic mass is 19.1. The molecule has 0 saturated heterocycles. The molecular formula is C22H23FN6O5. The fraction of sp³-hybridized carbons (Fsp3) is 0.273. The maximum atomic E-state index is 14.4. The second kappa shape index (κ2) is 8.89. The number of anilines is 5. The summed E-state index contributed by atoms with van der Waals surface area (Å²) in [5.41, 5.74) is 0.193. The minimum Gasteiger partial charge on any atom is -0.493 e. The lowest BCUT2D eigenvalue weighted by atomic mass is 10.0. The average molecular weight is 470 g/mol. The fourth-order valence-electron chi connectivity index (χ4n) is 3.20. The Kier molecular flexibility index (Phi) is 5.97. The molecule has 34 heavy (non-hydrogen) atoms. The van der Waals surface area contributed by atoms with Crippen LogP contribution in [0.1, 0.15) is 13.8 Å². The van der Waals surface area contributed by atoms with Gasteiger partial charge in [-0.1, -0.05) is 0 Å². The van der Waals surface area contributed by atoms with Crippen LogP contribution in [0.4, 0.5) is 33.3 Å². The first-order valence-electron chi connectivity index (χ1n) is 10.1. The maximum Gasteiger partial charge on any atom is 0.337 e. The third kappa shape index (κ3) is 4.42. The second-order valence-electron chi connectivity index (χ2n) is 7.74. The smallest absolute Gasteiger partial charge is 0.337 e. The van der Waals surface area contributed by atoms with Crippen molar-refractivity contribution in [1.29, 1.82) is 0 Å². The molecule has 3 N–H and O–H groups in total. The molecule has 0 fully saturated rings. The van der Waals surface area contributed by atoms with Crippen molar-refractivity contribution in [3.05, 3.63) is 36.3 Å². The molecule has 0 bridgehead atoms. The summed E-state index contributed by atoms with van der Waals surface area (Å²) < 4.78 is 35.7. The van der Waals surface area contributed by atoms with E-state index in [-0.39, 0.29) is 23.5 Å². The lowest BCUT2D eigenvalue weighted by Gasteiger charge is -2.30. The molecule has 1 aliphatic rings. The largest absolute Gasteiger partial charge is 0.493 e. The van der Waals surface area contributed by atoms with Crippen LogP contribution in [0.3, 0.4) is 0 Å².